The number of hydrogen-bond donors (Lipinski definition) is 1. The van der Waals surface area contributed by atoms with E-state index in [1.807, 2.05) is 44.2 Å². The van der Waals surface area contributed by atoms with Crippen LogP contribution in [0, 0.1) is 0 Å². The second-order valence-corrected chi connectivity index (χ2v) is 4.89. The van der Waals surface area contributed by atoms with E-state index in [1.54, 1.807) is 4.68 Å². The lowest BCUT2D eigenvalue weighted by atomic mass is 10.1. The first-order valence-electron chi connectivity index (χ1n) is 7.21. The van der Waals surface area contributed by atoms with Gasteiger partial charge in [0.2, 0.25) is 0 Å². The monoisotopic (exact) mass is 282 g/mol. The SMILES string of the molecule is CCc1nc(CC)n(-c2nc3ccccc3cc2CO)n1. The average molecular weight is 282 g/mol. The molecule has 3 rings (SSSR count). The van der Waals surface area contributed by atoms with Gasteiger partial charge < -0.3 is 5.11 Å². The van der Waals surface area contributed by atoms with Gasteiger partial charge in [-0.25, -0.2) is 9.97 Å². The van der Waals surface area contributed by atoms with Crippen molar-refractivity contribution in [1.82, 2.24) is 19.7 Å². The molecule has 0 aliphatic carbocycles. The number of aliphatic hydroxyl groups is 1. The average Bonchev–Trinajstić information content (AvgIpc) is 2.96. The van der Waals surface area contributed by atoms with Gasteiger partial charge in [0, 0.05) is 23.8 Å². The Hall–Kier alpha value is -2.27. The Morgan fingerprint density at radius 1 is 1.10 bits per heavy atom. The van der Waals surface area contributed by atoms with E-state index in [9.17, 15) is 5.11 Å². The highest BCUT2D eigenvalue weighted by molar-refractivity contribution is 5.80. The summed E-state index contributed by atoms with van der Waals surface area (Å²) in [5.74, 6) is 2.33. The molecule has 1 N–H and O–H groups in total. The highest BCUT2D eigenvalue weighted by Crippen LogP contribution is 2.20. The molecule has 0 bridgehead atoms. The molecule has 1 aromatic carbocycles. The number of rotatable bonds is 4. The summed E-state index contributed by atoms with van der Waals surface area (Å²) in [6.07, 6.45) is 1.55. The van der Waals surface area contributed by atoms with Crippen LogP contribution in [0.3, 0.4) is 0 Å². The van der Waals surface area contributed by atoms with Gasteiger partial charge in [-0.05, 0) is 12.1 Å². The zero-order chi connectivity index (χ0) is 14.8. The Balaban J connectivity index is 2.25. The van der Waals surface area contributed by atoms with Crippen molar-refractivity contribution < 1.29 is 5.11 Å². The molecule has 3 aromatic rings. The van der Waals surface area contributed by atoms with Crippen LogP contribution in [-0.2, 0) is 19.4 Å². The van der Waals surface area contributed by atoms with Gasteiger partial charge in [0.1, 0.15) is 5.82 Å². The number of hydrogen-bond acceptors (Lipinski definition) is 4. The van der Waals surface area contributed by atoms with E-state index < -0.39 is 0 Å². The predicted molar refractivity (Wildman–Crippen MR) is 81.3 cm³/mol. The Labute approximate surface area is 123 Å². The Kier molecular flexibility index (Phi) is 3.66. The van der Waals surface area contributed by atoms with Crippen molar-refractivity contribution in [3.8, 4) is 5.82 Å². The summed E-state index contributed by atoms with van der Waals surface area (Å²) in [7, 11) is 0. The van der Waals surface area contributed by atoms with Crippen LogP contribution in [0.1, 0.15) is 31.1 Å². The zero-order valence-electron chi connectivity index (χ0n) is 12.2. The van der Waals surface area contributed by atoms with Gasteiger partial charge in [-0.2, -0.15) is 4.68 Å². The minimum absolute atomic E-state index is 0.0718. The fourth-order valence-electron chi connectivity index (χ4n) is 2.39. The molecule has 2 heterocycles. The van der Waals surface area contributed by atoms with Crippen molar-refractivity contribution in [3.05, 3.63) is 47.5 Å². The van der Waals surface area contributed by atoms with Crippen LogP contribution in [-0.4, -0.2) is 24.9 Å². The van der Waals surface area contributed by atoms with Gasteiger partial charge in [0.25, 0.3) is 0 Å². The van der Waals surface area contributed by atoms with Crippen molar-refractivity contribution in [2.24, 2.45) is 0 Å². The van der Waals surface area contributed by atoms with Crippen molar-refractivity contribution in [2.45, 2.75) is 33.3 Å². The summed E-state index contributed by atoms with van der Waals surface area (Å²) in [5.41, 5.74) is 1.65. The van der Waals surface area contributed by atoms with Crippen LogP contribution in [0.25, 0.3) is 16.7 Å². The summed E-state index contributed by atoms with van der Waals surface area (Å²) in [6.45, 7) is 4.00. The maximum absolute atomic E-state index is 9.67. The first kappa shape index (κ1) is 13.7. The molecule has 108 valence electrons. The molecule has 2 aromatic heterocycles. The highest BCUT2D eigenvalue weighted by atomic mass is 16.3. The summed E-state index contributed by atoms with van der Waals surface area (Å²) in [6, 6.07) is 9.84. The normalized spacial score (nSPS) is 11.2. The van der Waals surface area contributed by atoms with E-state index in [1.165, 1.54) is 0 Å². The van der Waals surface area contributed by atoms with E-state index in [2.05, 4.69) is 15.1 Å². The summed E-state index contributed by atoms with van der Waals surface area (Å²) in [4.78, 5) is 9.18. The molecule has 5 nitrogen and oxygen atoms in total. The molecule has 0 unspecified atom stereocenters. The number of aryl methyl sites for hydroxylation is 2. The van der Waals surface area contributed by atoms with E-state index in [0.29, 0.717) is 5.82 Å². The van der Waals surface area contributed by atoms with Crippen molar-refractivity contribution >= 4 is 10.9 Å². The lowest BCUT2D eigenvalue weighted by molar-refractivity contribution is 0.281. The Morgan fingerprint density at radius 3 is 2.62 bits per heavy atom. The quantitative estimate of drug-likeness (QED) is 0.798. The topological polar surface area (TPSA) is 63.8 Å². The minimum atomic E-state index is -0.0718. The molecule has 21 heavy (non-hydrogen) atoms. The van der Waals surface area contributed by atoms with Crippen molar-refractivity contribution in [2.75, 3.05) is 0 Å². The van der Waals surface area contributed by atoms with Crippen LogP contribution in [0.5, 0.6) is 0 Å². The van der Waals surface area contributed by atoms with Crippen molar-refractivity contribution in [3.63, 3.8) is 0 Å². The lowest BCUT2D eigenvalue weighted by Gasteiger charge is -2.10. The maximum atomic E-state index is 9.67. The second-order valence-electron chi connectivity index (χ2n) is 4.89. The van der Waals surface area contributed by atoms with Crippen LogP contribution in [0.2, 0.25) is 0 Å². The maximum Gasteiger partial charge on any atom is 0.161 e. The summed E-state index contributed by atoms with van der Waals surface area (Å²) < 4.78 is 1.76. The molecule has 0 aliphatic heterocycles. The first-order valence-corrected chi connectivity index (χ1v) is 7.21. The van der Waals surface area contributed by atoms with E-state index in [-0.39, 0.29) is 6.61 Å². The molecule has 5 heteroatoms. The predicted octanol–water partition coefficient (Wildman–Crippen LogP) is 2.43. The molecular formula is C16H18N4O. The molecule has 0 aliphatic rings. The van der Waals surface area contributed by atoms with E-state index >= 15 is 0 Å². The molecule has 0 fully saturated rings. The third kappa shape index (κ3) is 2.40. The zero-order valence-corrected chi connectivity index (χ0v) is 12.2. The van der Waals surface area contributed by atoms with Gasteiger partial charge in [-0.1, -0.05) is 32.0 Å². The van der Waals surface area contributed by atoms with Crippen LogP contribution in [0.4, 0.5) is 0 Å². The van der Waals surface area contributed by atoms with Gasteiger partial charge in [-0.3, -0.25) is 0 Å². The molecule has 0 amide bonds. The third-order valence-electron chi connectivity index (χ3n) is 3.50. The van der Waals surface area contributed by atoms with Gasteiger partial charge >= 0.3 is 0 Å². The largest absolute Gasteiger partial charge is 0.392 e. The highest BCUT2D eigenvalue weighted by Gasteiger charge is 2.14. The molecule has 0 saturated carbocycles. The number of para-hydroxylation sites is 1. The molecule has 0 saturated heterocycles. The Bertz CT molecular complexity index is 779. The standard InChI is InChI=1S/C16H18N4O/c1-3-14-18-15(4-2)20(19-14)16-12(10-21)9-11-7-5-6-8-13(11)17-16/h5-9,21H,3-4,10H2,1-2H3. The lowest BCUT2D eigenvalue weighted by Crippen LogP contribution is -2.08. The van der Waals surface area contributed by atoms with E-state index in [0.717, 1.165) is 41.0 Å². The second kappa shape index (κ2) is 5.61. The minimum Gasteiger partial charge on any atom is -0.392 e. The van der Waals surface area contributed by atoms with Crippen LogP contribution < -0.4 is 0 Å². The fourth-order valence-corrected chi connectivity index (χ4v) is 2.39. The van der Waals surface area contributed by atoms with Crippen LogP contribution >= 0.6 is 0 Å². The number of aliphatic hydroxyl groups excluding tert-OH is 1. The van der Waals surface area contributed by atoms with E-state index in [4.69, 9.17) is 0 Å². The number of aromatic nitrogens is 4. The number of pyridine rings is 1. The molecule has 0 radical (unpaired) electrons. The summed E-state index contributed by atoms with van der Waals surface area (Å²) >= 11 is 0. The third-order valence-corrected chi connectivity index (χ3v) is 3.50. The van der Waals surface area contributed by atoms with Gasteiger partial charge in [0.15, 0.2) is 11.6 Å². The van der Waals surface area contributed by atoms with Gasteiger partial charge in [-0.15, -0.1) is 5.10 Å². The van der Waals surface area contributed by atoms with Crippen molar-refractivity contribution in [1.29, 1.82) is 0 Å². The molecule has 0 atom stereocenters. The number of nitrogens with zero attached hydrogens (tertiary/aromatic N) is 4. The first-order chi connectivity index (χ1) is 10.3. The molecular weight excluding hydrogens is 264 g/mol. The number of benzene rings is 1. The summed E-state index contributed by atoms with van der Waals surface area (Å²) in [5, 5.41) is 15.2. The smallest absolute Gasteiger partial charge is 0.161 e. The van der Waals surface area contributed by atoms with Gasteiger partial charge in [0.05, 0.1) is 12.1 Å². The van der Waals surface area contributed by atoms with Crippen LogP contribution in [0.15, 0.2) is 30.3 Å². The fraction of sp³-hybridized carbons (Fsp3) is 0.312. The molecule has 0 spiro atoms. The Morgan fingerprint density at radius 2 is 1.90 bits per heavy atom. The number of fused-ring (bicyclic) bond motifs is 1.